The van der Waals surface area contributed by atoms with E-state index in [4.69, 9.17) is 13.9 Å². The summed E-state index contributed by atoms with van der Waals surface area (Å²) in [6.07, 6.45) is 2.21. The number of hydrogen-bond donors (Lipinski definition) is 1. The normalized spacial score (nSPS) is 15.2. The van der Waals surface area contributed by atoms with Crippen LogP contribution in [0.25, 0.3) is 11.0 Å². The number of furan rings is 1. The van der Waals surface area contributed by atoms with Crippen LogP contribution in [0.1, 0.15) is 39.2 Å². The quantitative estimate of drug-likeness (QED) is 0.737. The van der Waals surface area contributed by atoms with Gasteiger partial charge >= 0.3 is 6.09 Å². The molecule has 0 atom stereocenters. The minimum absolute atomic E-state index is 0.0134. The molecule has 0 radical (unpaired) electrons. The first-order chi connectivity index (χ1) is 13.2. The number of hydrogen-bond acceptors (Lipinski definition) is 5. The van der Waals surface area contributed by atoms with Crippen molar-refractivity contribution in [3.63, 3.8) is 0 Å². The van der Waals surface area contributed by atoms with Crippen LogP contribution >= 0.6 is 0 Å². The van der Waals surface area contributed by atoms with Crippen molar-refractivity contribution in [2.45, 2.75) is 39.2 Å². The lowest BCUT2D eigenvalue weighted by Crippen LogP contribution is -2.41. The second-order valence-corrected chi connectivity index (χ2v) is 7.78. The molecule has 1 amide bonds. The average molecular weight is 389 g/mol. The zero-order chi connectivity index (χ0) is 20.5. The summed E-state index contributed by atoms with van der Waals surface area (Å²) >= 11 is 0. The molecule has 3 rings (SSSR count). The fourth-order valence-corrected chi connectivity index (χ4v) is 3.13. The second-order valence-electron chi connectivity index (χ2n) is 7.78. The number of carbonyl (C=O) groups is 1. The maximum atomic E-state index is 14.3. The van der Waals surface area contributed by atoms with Crippen LogP contribution in [0.15, 0.2) is 16.7 Å². The van der Waals surface area contributed by atoms with Crippen LogP contribution in [-0.4, -0.2) is 41.9 Å². The number of piperidine rings is 1. The third-order valence-electron chi connectivity index (χ3n) is 4.50. The van der Waals surface area contributed by atoms with Crippen molar-refractivity contribution >= 4 is 17.1 Å². The molecule has 0 unspecified atom stereocenters. The maximum absolute atomic E-state index is 14.3. The van der Waals surface area contributed by atoms with Crippen molar-refractivity contribution in [2.24, 2.45) is 5.92 Å². The highest BCUT2D eigenvalue weighted by molar-refractivity contribution is 5.90. The van der Waals surface area contributed by atoms with Gasteiger partial charge in [-0.2, -0.15) is 0 Å². The largest absolute Gasteiger partial charge is 0.504 e. The van der Waals surface area contributed by atoms with Crippen molar-refractivity contribution in [1.29, 1.82) is 0 Å². The van der Waals surface area contributed by atoms with E-state index in [9.17, 15) is 14.3 Å². The predicted molar refractivity (Wildman–Crippen MR) is 102 cm³/mol. The molecule has 1 aliphatic heterocycles. The van der Waals surface area contributed by atoms with Crippen LogP contribution in [0.5, 0.6) is 11.5 Å². The third kappa shape index (κ3) is 4.16. The Labute approximate surface area is 163 Å². The van der Waals surface area contributed by atoms with Gasteiger partial charge in [0.1, 0.15) is 17.4 Å². The smallest absolute Gasteiger partial charge is 0.410 e. The van der Waals surface area contributed by atoms with Gasteiger partial charge in [-0.15, -0.1) is 0 Å². The van der Waals surface area contributed by atoms with E-state index in [1.165, 1.54) is 7.11 Å². The molecule has 7 heteroatoms. The van der Waals surface area contributed by atoms with Crippen molar-refractivity contribution in [2.75, 3.05) is 20.2 Å². The number of halogens is 1. The molecule has 2 aromatic rings. The Morgan fingerprint density at radius 2 is 2.04 bits per heavy atom. The van der Waals surface area contributed by atoms with E-state index in [1.807, 2.05) is 20.8 Å². The molecule has 1 N–H and O–H groups in total. The van der Waals surface area contributed by atoms with Crippen LogP contribution in [0.2, 0.25) is 0 Å². The van der Waals surface area contributed by atoms with E-state index in [2.05, 4.69) is 11.8 Å². The minimum Gasteiger partial charge on any atom is -0.504 e. The Morgan fingerprint density at radius 1 is 1.36 bits per heavy atom. The third-order valence-corrected chi connectivity index (χ3v) is 4.50. The molecule has 0 aliphatic carbocycles. The number of carbonyl (C=O) groups excluding carboxylic acids is 1. The molecular weight excluding hydrogens is 365 g/mol. The summed E-state index contributed by atoms with van der Waals surface area (Å²) in [5.41, 5.74) is 0.0311. The summed E-state index contributed by atoms with van der Waals surface area (Å²) in [5.74, 6) is 5.36. The van der Waals surface area contributed by atoms with Crippen molar-refractivity contribution in [1.82, 2.24) is 4.90 Å². The standard InChI is InChI=1S/C21H24FNO5/c1-21(2,3)28-20(25)23-9-7-13(8-10-23)5-6-14-18-15(17(24)12-27-18)11-16(22)19(14)26-4/h11-13,24H,7-10H2,1-4H3. The van der Waals surface area contributed by atoms with Crippen molar-refractivity contribution < 1.29 is 28.2 Å². The number of aromatic hydroxyl groups is 1. The van der Waals surface area contributed by atoms with Crippen molar-refractivity contribution in [3.8, 4) is 23.3 Å². The molecule has 150 valence electrons. The molecule has 1 aliphatic rings. The highest BCUT2D eigenvalue weighted by Gasteiger charge is 2.26. The summed E-state index contributed by atoms with van der Waals surface area (Å²) in [6, 6.07) is 1.16. The van der Waals surface area contributed by atoms with Gasteiger partial charge in [0.05, 0.1) is 12.5 Å². The van der Waals surface area contributed by atoms with Gasteiger partial charge in [0.25, 0.3) is 0 Å². The zero-order valence-corrected chi connectivity index (χ0v) is 16.5. The number of amides is 1. The number of rotatable bonds is 1. The molecule has 1 aromatic heterocycles. The van der Waals surface area contributed by atoms with Crippen LogP contribution in [-0.2, 0) is 4.74 Å². The van der Waals surface area contributed by atoms with Crippen LogP contribution in [0, 0.1) is 23.6 Å². The Hall–Kier alpha value is -2.88. The molecule has 0 saturated carbocycles. The first-order valence-electron chi connectivity index (χ1n) is 9.15. The van der Waals surface area contributed by atoms with Crippen LogP contribution in [0.3, 0.4) is 0 Å². The number of nitrogens with zero attached hydrogens (tertiary/aromatic N) is 1. The second kappa shape index (κ2) is 7.63. The fraction of sp³-hybridized carbons (Fsp3) is 0.476. The van der Waals surface area contributed by atoms with E-state index in [1.54, 1.807) is 4.90 Å². The monoisotopic (exact) mass is 389 g/mol. The molecule has 28 heavy (non-hydrogen) atoms. The number of benzene rings is 1. The SMILES string of the molecule is COc1c(F)cc2c(O)coc2c1C#CC1CCN(C(=O)OC(C)(C)C)CC1. The fourth-order valence-electron chi connectivity index (χ4n) is 3.13. The predicted octanol–water partition coefficient (Wildman–Crippen LogP) is 4.28. The molecule has 6 nitrogen and oxygen atoms in total. The lowest BCUT2D eigenvalue weighted by Gasteiger charge is -2.31. The number of ether oxygens (including phenoxy) is 2. The van der Waals surface area contributed by atoms with Crippen molar-refractivity contribution in [3.05, 3.63) is 23.7 Å². The summed E-state index contributed by atoms with van der Waals surface area (Å²) in [6.45, 7) is 6.60. The van der Waals surface area contributed by atoms with E-state index < -0.39 is 11.4 Å². The molecular formula is C21H24FNO5. The van der Waals surface area contributed by atoms with Gasteiger partial charge in [-0.05, 0) is 39.7 Å². The number of likely N-dealkylation sites (tertiary alicyclic amines) is 1. The zero-order valence-electron chi connectivity index (χ0n) is 16.5. The van der Waals surface area contributed by atoms with Gasteiger partial charge < -0.3 is 23.9 Å². The lowest BCUT2D eigenvalue weighted by atomic mass is 9.97. The van der Waals surface area contributed by atoms with Crippen LogP contribution < -0.4 is 4.74 Å². The Balaban J connectivity index is 1.76. The van der Waals surface area contributed by atoms with E-state index >= 15 is 0 Å². The van der Waals surface area contributed by atoms with Gasteiger partial charge in [-0.3, -0.25) is 0 Å². The summed E-state index contributed by atoms with van der Waals surface area (Å²) in [4.78, 5) is 13.8. The number of fused-ring (bicyclic) bond motifs is 1. The average Bonchev–Trinajstić information content (AvgIpc) is 2.99. The highest BCUT2D eigenvalue weighted by atomic mass is 19.1. The molecule has 1 aromatic carbocycles. The van der Waals surface area contributed by atoms with E-state index in [0.29, 0.717) is 25.9 Å². The Morgan fingerprint density at radius 3 is 2.64 bits per heavy atom. The van der Waals surface area contributed by atoms with Gasteiger partial charge in [-0.1, -0.05) is 11.8 Å². The topological polar surface area (TPSA) is 72.1 Å². The summed E-state index contributed by atoms with van der Waals surface area (Å²) in [7, 11) is 1.36. The minimum atomic E-state index is -0.615. The molecule has 2 heterocycles. The summed E-state index contributed by atoms with van der Waals surface area (Å²) in [5, 5.41) is 10.1. The van der Waals surface area contributed by atoms with Crippen LogP contribution in [0.4, 0.5) is 9.18 Å². The Bertz CT molecular complexity index is 940. The first-order valence-corrected chi connectivity index (χ1v) is 9.15. The summed E-state index contributed by atoms with van der Waals surface area (Å²) < 4.78 is 30.2. The molecule has 1 saturated heterocycles. The first kappa shape index (κ1) is 19.9. The number of methoxy groups -OCH3 is 1. The van der Waals surface area contributed by atoms with Gasteiger partial charge in [0.15, 0.2) is 22.9 Å². The van der Waals surface area contributed by atoms with E-state index in [-0.39, 0.29) is 40.0 Å². The highest BCUT2D eigenvalue weighted by Crippen LogP contribution is 2.36. The molecule has 1 fully saturated rings. The molecule has 0 spiro atoms. The Kier molecular flexibility index (Phi) is 5.41. The maximum Gasteiger partial charge on any atom is 0.410 e. The van der Waals surface area contributed by atoms with E-state index in [0.717, 1.165) is 12.3 Å². The van der Waals surface area contributed by atoms with Gasteiger partial charge in [-0.25, -0.2) is 9.18 Å². The molecule has 0 bridgehead atoms. The van der Waals surface area contributed by atoms with Gasteiger partial charge in [0, 0.05) is 19.0 Å². The van der Waals surface area contributed by atoms with Gasteiger partial charge in [0.2, 0.25) is 0 Å². The lowest BCUT2D eigenvalue weighted by molar-refractivity contribution is 0.0199.